The Bertz CT molecular complexity index is 1030. The second-order valence-electron chi connectivity index (χ2n) is 5.92. The molecule has 0 bridgehead atoms. The molecule has 0 saturated heterocycles. The zero-order valence-corrected chi connectivity index (χ0v) is 14.7. The lowest BCUT2D eigenvalue weighted by atomic mass is 9.98. The Morgan fingerprint density at radius 3 is 1.60 bits per heavy atom. The Labute approximate surface area is 151 Å². The maximum absolute atomic E-state index is 9.61. The molecule has 1 aromatic heterocycles. The second-order valence-corrected chi connectivity index (χ2v) is 6.32. The molecule has 3 rings (SSSR count). The molecule has 1 heterocycles. The lowest BCUT2D eigenvalue weighted by Crippen LogP contribution is -1.99. The predicted molar refractivity (Wildman–Crippen MR) is 101 cm³/mol. The molecule has 0 aliphatic carbocycles. The number of hydrogen-bond donors (Lipinski definition) is 1. The van der Waals surface area contributed by atoms with Crippen molar-refractivity contribution in [3.8, 4) is 34.7 Å². The first-order valence-corrected chi connectivity index (χ1v) is 8.20. The number of aromatic nitrogens is 1. The van der Waals surface area contributed by atoms with Crippen molar-refractivity contribution in [3.05, 3.63) is 75.3 Å². The molecule has 2 aromatic carbocycles. The van der Waals surface area contributed by atoms with Crippen LogP contribution < -0.4 is 0 Å². The molecule has 3 aromatic rings. The van der Waals surface area contributed by atoms with Gasteiger partial charge in [-0.25, -0.2) is 0 Å². The first kappa shape index (κ1) is 16.6. The molecule has 0 aliphatic rings. The summed E-state index contributed by atoms with van der Waals surface area (Å²) in [6.07, 6.45) is 0. The Kier molecular flexibility index (Phi) is 4.48. The van der Waals surface area contributed by atoms with Crippen molar-refractivity contribution >= 4 is 12.2 Å². The van der Waals surface area contributed by atoms with E-state index in [9.17, 15) is 10.5 Å². The number of nitrogens with one attached hydrogen (secondary N) is 1. The predicted octanol–water partition coefficient (Wildman–Crippen LogP) is 5.44. The lowest BCUT2D eigenvalue weighted by Gasteiger charge is -2.13. The zero-order valence-electron chi connectivity index (χ0n) is 13.9. The number of hydrogen-bond acceptors (Lipinski definition) is 3. The van der Waals surface area contributed by atoms with E-state index in [1.54, 1.807) is 0 Å². The van der Waals surface area contributed by atoms with Crippen molar-refractivity contribution in [2.24, 2.45) is 0 Å². The number of aryl methyl sites for hydroxylation is 2. The molecule has 0 aliphatic heterocycles. The molecule has 0 fully saturated rings. The van der Waals surface area contributed by atoms with E-state index < -0.39 is 0 Å². The fourth-order valence-electron chi connectivity index (χ4n) is 2.85. The average Bonchev–Trinajstić information content (AvgIpc) is 2.60. The maximum Gasteiger partial charge on any atom is 0.103 e. The second kappa shape index (κ2) is 6.73. The number of benzene rings is 2. The van der Waals surface area contributed by atoms with Gasteiger partial charge in [0.05, 0.1) is 27.0 Å². The number of nitrogens with zero attached hydrogens (tertiary/aromatic N) is 2. The fraction of sp³-hybridized carbons (Fsp3) is 0.0952. The van der Waals surface area contributed by atoms with E-state index in [-0.39, 0.29) is 4.51 Å². The summed E-state index contributed by atoms with van der Waals surface area (Å²) in [5.74, 6) is 0. The zero-order chi connectivity index (χ0) is 18.0. The summed E-state index contributed by atoms with van der Waals surface area (Å²) >= 11 is 5.47. The van der Waals surface area contributed by atoms with Crippen molar-refractivity contribution in [2.45, 2.75) is 13.8 Å². The highest BCUT2D eigenvalue weighted by Gasteiger charge is 2.16. The number of nitriles is 2. The van der Waals surface area contributed by atoms with Crippen LogP contribution in [0.5, 0.6) is 0 Å². The summed E-state index contributed by atoms with van der Waals surface area (Å²) in [4.78, 5) is 3.30. The van der Waals surface area contributed by atoms with Crippen LogP contribution in [0.4, 0.5) is 0 Å². The van der Waals surface area contributed by atoms with E-state index in [2.05, 4.69) is 17.1 Å². The summed E-state index contributed by atoms with van der Waals surface area (Å²) in [6.45, 7) is 3.99. The SMILES string of the molecule is Cc1cccc(-c2[nH]c(-c3cccc(C)c3)c(C#N)c(=S)c2C#N)c1. The molecule has 0 amide bonds. The van der Waals surface area contributed by atoms with Crippen LogP contribution in [-0.2, 0) is 0 Å². The smallest absolute Gasteiger partial charge is 0.103 e. The van der Waals surface area contributed by atoms with Gasteiger partial charge in [0.15, 0.2) is 0 Å². The lowest BCUT2D eigenvalue weighted by molar-refractivity contribution is 1.26. The Morgan fingerprint density at radius 1 is 0.800 bits per heavy atom. The summed E-state index contributed by atoms with van der Waals surface area (Å²) in [7, 11) is 0. The van der Waals surface area contributed by atoms with E-state index in [1.165, 1.54) is 0 Å². The Balaban J connectivity index is 2.40. The van der Waals surface area contributed by atoms with Gasteiger partial charge in [0, 0.05) is 0 Å². The Morgan fingerprint density at radius 2 is 1.24 bits per heavy atom. The molecular weight excluding hydrogens is 326 g/mol. The van der Waals surface area contributed by atoms with Gasteiger partial charge in [0.1, 0.15) is 12.1 Å². The molecule has 1 N–H and O–H groups in total. The molecule has 0 saturated carbocycles. The van der Waals surface area contributed by atoms with Gasteiger partial charge in [-0.1, -0.05) is 59.7 Å². The van der Waals surface area contributed by atoms with Gasteiger partial charge in [0.2, 0.25) is 0 Å². The van der Waals surface area contributed by atoms with Crippen molar-refractivity contribution in [1.29, 1.82) is 10.5 Å². The van der Waals surface area contributed by atoms with Gasteiger partial charge in [-0.15, -0.1) is 0 Å². The third kappa shape index (κ3) is 3.08. The first-order chi connectivity index (χ1) is 12.0. The molecular formula is C21H15N3S. The van der Waals surface area contributed by atoms with Crippen LogP contribution in [0.3, 0.4) is 0 Å². The van der Waals surface area contributed by atoms with Crippen molar-refractivity contribution in [3.63, 3.8) is 0 Å². The van der Waals surface area contributed by atoms with E-state index in [0.717, 1.165) is 22.3 Å². The minimum Gasteiger partial charge on any atom is -0.352 e. The van der Waals surface area contributed by atoms with Gasteiger partial charge >= 0.3 is 0 Å². The highest BCUT2D eigenvalue weighted by Crippen LogP contribution is 2.31. The first-order valence-electron chi connectivity index (χ1n) is 7.79. The minimum atomic E-state index is 0.289. The molecule has 0 spiro atoms. The van der Waals surface area contributed by atoms with Gasteiger partial charge in [-0.3, -0.25) is 0 Å². The van der Waals surface area contributed by atoms with Crippen LogP contribution in [-0.4, -0.2) is 4.98 Å². The minimum absolute atomic E-state index is 0.289. The summed E-state index contributed by atoms with van der Waals surface area (Å²) < 4.78 is 0.289. The standard InChI is InChI=1S/C21H15N3S/c1-13-5-3-7-15(9-13)19-17(11-22)21(25)18(12-23)20(24-19)16-8-4-6-14(2)10-16/h3-10H,1-2H3,(H,24,25). The van der Waals surface area contributed by atoms with Gasteiger partial charge in [-0.2, -0.15) is 10.5 Å². The van der Waals surface area contributed by atoms with E-state index >= 15 is 0 Å². The van der Waals surface area contributed by atoms with Crippen molar-refractivity contribution in [1.82, 2.24) is 4.98 Å². The summed E-state index contributed by atoms with van der Waals surface area (Å²) in [5.41, 5.74) is 5.87. The van der Waals surface area contributed by atoms with Crippen LogP contribution in [0.25, 0.3) is 22.5 Å². The quantitative estimate of drug-likeness (QED) is 0.631. The van der Waals surface area contributed by atoms with E-state index in [4.69, 9.17) is 12.2 Å². The third-order valence-electron chi connectivity index (χ3n) is 4.04. The molecule has 0 radical (unpaired) electrons. The topological polar surface area (TPSA) is 63.4 Å². The summed E-state index contributed by atoms with van der Waals surface area (Å²) in [5, 5.41) is 19.2. The highest BCUT2D eigenvalue weighted by atomic mass is 32.1. The van der Waals surface area contributed by atoms with Crippen LogP contribution in [0.1, 0.15) is 22.3 Å². The largest absolute Gasteiger partial charge is 0.352 e. The molecule has 3 nitrogen and oxygen atoms in total. The average molecular weight is 341 g/mol. The molecule has 0 atom stereocenters. The van der Waals surface area contributed by atoms with Gasteiger partial charge < -0.3 is 4.98 Å². The normalized spacial score (nSPS) is 10.1. The van der Waals surface area contributed by atoms with Crippen molar-refractivity contribution < 1.29 is 0 Å². The van der Waals surface area contributed by atoms with E-state index in [0.29, 0.717) is 22.5 Å². The molecule has 0 unspecified atom stereocenters. The van der Waals surface area contributed by atoms with Crippen LogP contribution in [0.2, 0.25) is 0 Å². The van der Waals surface area contributed by atoms with Crippen molar-refractivity contribution in [2.75, 3.05) is 0 Å². The summed E-state index contributed by atoms with van der Waals surface area (Å²) in [6, 6.07) is 20.0. The van der Waals surface area contributed by atoms with Crippen LogP contribution in [0, 0.1) is 41.0 Å². The van der Waals surface area contributed by atoms with Gasteiger partial charge in [0.25, 0.3) is 0 Å². The third-order valence-corrected chi connectivity index (χ3v) is 4.45. The molecule has 4 heteroatoms. The van der Waals surface area contributed by atoms with Crippen LogP contribution in [0.15, 0.2) is 48.5 Å². The molecule has 120 valence electrons. The fourth-order valence-corrected chi connectivity index (χ4v) is 3.14. The maximum atomic E-state index is 9.61. The Hall–Kier alpha value is -3.21. The highest BCUT2D eigenvalue weighted by molar-refractivity contribution is 7.71. The van der Waals surface area contributed by atoms with E-state index in [1.807, 2.05) is 62.4 Å². The van der Waals surface area contributed by atoms with Crippen LogP contribution >= 0.6 is 12.2 Å². The number of pyridine rings is 1. The number of rotatable bonds is 2. The van der Waals surface area contributed by atoms with Gasteiger partial charge in [-0.05, 0) is 37.1 Å². The number of aromatic amines is 1. The monoisotopic (exact) mass is 341 g/mol. The number of H-pyrrole nitrogens is 1. The molecule has 25 heavy (non-hydrogen) atoms.